The quantitative estimate of drug-likeness (QED) is 0.711. The van der Waals surface area contributed by atoms with Gasteiger partial charge in [-0.05, 0) is 19.3 Å². The van der Waals surface area contributed by atoms with Crippen molar-refractivity contribution in [1.29, 1.82) is 0 Å². The molecule has 7 nitrogen and oxygen atoms in total. The summed E-state index contributed by atoms with van der Waals surface area (Å²) in [5.74, 6) is -0.0899. The Bertz CT molecular complexity index is 612. The third-order valence-corrected chi connectivity index (χ3v) is 6.43. The van der Waals surface area contributed by atoms with Crippen molar-refractivity contribution in [2.24, 2.45) is 0 Å². The highest BCUT2D eigenvalue weighted by Crippen LogP contribution is 2.40. The normalized spacial score (nSPS) is 27.5. The molecule has 1 spiro atoms. The zero-order chi connectivity index (χ0) is 18.3. The van der Waals surface area contributed by atoms with Gasteiger partial charge in [-0.2, -0.15) is 17.5 Å². The number of halogens is 3. The molecule has 3 aliphatic heterocycles. The van der Waals surface area contributed by atoms with E-state index in [-0.39, 0.29) is 44.7 Å². The summed E-state index contributed by atoms with van der Waals surface area (Å²) in [7, 11) is -5.32. The van der Waals surface area contributed by atoms with Crippen molar-refractivity contribution in [1.82, 2.24) is 9.21 Å². The first-order valence-corrected chi connectivity index (χ1v) is 9.67. The predicted molar refractivity (Wildman–Crippen MR) is 80.0 cm³/mol. The lowest BCUT2D eigenvalue weighted by Gasteiger charge is -2.51. The van der Waals surface area contributed by atoms with E-state index in [0.717, 1.165) is 25.9 Å². The van der Waals surface area contributed by atoms with Crippen molar-refractivity contribution in [3.05, 3.63) is 0 Å². The molecule has 3 saturated heterocycles. The molecule has 11 heteroatoms. The number of rotatable bonds is 4. The van der Waals surface area contributed by atoms with Crippen LogP contribution >= 0.6 is 0 Å². The number of hydrogen-bond acceptors (Lipinski definition) is 5. The number of sulfonamides is 1. The molecule has 0 aromatic rings. The molecule has 0 N–H and O–H groups in total. The standard InChI is InChI=1S/C14H21F3N2O5S/c15-14(16,17)25(21,22)19-9-13(10-19)7-11(3-6-24-13)23-8-12(20)18-4-1-2-5-18/h11H,1-10H2. The molecule has 1 unspecified atom stereocenters. The van der Waals surface area contributed by atoms with Crippen molar-refractivity contribution in [3.8, 4) is 0 Å². The number of nitrogens with zero attached hydrogens (tertiary/aromatic N) is 2. The minimum absolute atomic E-state index is 0.0642. The van der Waals surface area contributed by atoms with Crippen LogP contribution in [0.4, 0.5) is 13.2 Å². The van der Waals surface area contributed by atoms with Gasteiger partial charge in [0.05, 0.1) is 11.7 Å². The first-order chi connectivity index (χ1) is 11.6. The highest BCUT2D eigenvalue weighted by molar-refractivity contribution is 7.90. The van der Waals surface area contributed by atoms with Gasteiger partial charge in [-0.25, -0.2) is 8.42 Å². The maximum absolute atomic E-state index is 12.6. The monoisotopic (exact) mass is 386 g/mol. The summed E-state index contributed by atoms with van der Waals surface area (Å²) in [5.41, 5.74) is -6.25. The van der Waals surface area contributed by atoms with Crippen LogP contribution in [-0.4, -0.2) is 80.1 Å². The number of carbonyl (C=O) groups is 1. The molecule has 3 aliphatic rings. The van der Waals surface area contributed by atoms with E-state index in [1.807, 2.05) is 0 Å². The van der Waals surface area contributed by atoms with E-state index < -0.39 is 21.1 Å². The number of hydrogen-bond donors (Lipinski definition) is 0. The molecule has 0 bridgehead atoms. The van der Waals surface area contributed by atoms with Gasteiger partial charge in [-0.1, -0.05) is 0 Å². The summed E-state index contributed by atoms with van der Waals surface area (Å²) in [5, 5.41) is 0. The fourth-order valence-electron chi connectivity index (χ4n) is 3.51. The maximum Gasteiger partial charge on any atom is 0.511 e. The molecule has 25 heavy (non-hydrogen) atoms. The Morgan fingerprint density at radius 1 is 1.24 bits per heavy atom. The Labute approximate surface area is 144 Å². The summed E-state index contributed by atoms with van der Waals surface area (Å²) >= 11 is 0. The third-order valence-electron chi connectivity index (χ3n) is 4.91. The van der Waals surface area contributed by atoms with Crippen molar-refractivity contribution in [2.75, 3.05) is 39.4 Å². The second-order valence-corrected chi connectivity index (χ2v) is 8.69. The zero-order valence-electron chi connectivity index (χ0n) is 13.6. The van der Waals surface area contributed by atoms with Crippen LogP contribution < -0.4 is 0 Å². The maximum atomic E-state index is 12.6. The lowest BCUT2D eigenvalue weighted by Crippen LogP contribution is -2.68. The lowest BCUT2D eigenvalue weighted by atomic mass is 9.86. The summed E-state index contributed by atoms with van der Waals surface area (Å²) in [4.78, 5) is 13.7. The van der Waals surface area contributed by atoms with E-state index in [1.165, 1.54) is 0 Å². The number of ether oxygens (including phenoxy) is 2. The molecule has 0 aliphatic carbocycles. The van der Waals surface area contributed by atoms with E-state index in [2.05, 4.69) is 0 Å². The van der Waals surface area contributed by atoms with Crippen LogP contribution in [-0.2, 0) is 24.3 Å². The average Bonchev–Trinajstić information content (AvgIpc) is 3.03. The van der Waals surface area contributed by atoms with Crippen molar-refractivity contribution in [2.45, 2.75) is 42.9 Å². The van der Waals surface area contributed by atoms with E-state index in [9.17, 15) is 26.4 Å². The molecular formula is C14H21F3N2O5S. The summed E-state index contributed by atoms with van der Waals surface area (Å²) in [6, 6.07) is 0. The number of likely N-dealkylation sites (tertiary alicyclic amines) is 1. The first kappa shape index (κ1) is 18.9. The van der Waals surface area contributed by atoms with Gasteiger partial charge in [0.25, 0.3) is 0 Å². The highest BCUT2D eigenvalue weighted by atomic mass is 32.2. The number of carbonyl (C=O) groups excluding carboxylic acids is 1. The van der Waals surface area contributed by atoms with Crippen molar-refractivity contribution < 1.29 is 35.9 Å². The van der Waals surface area contributed by atoms with Gasteiger partial charge < -0.3 is 14.4 Å². The molecule has 1 amide bonds. The lowest BCUT2D eigenvalue weighted by molar-refractivity contribution is -0.183. The topological polar surface area (TPSA) is 76.1 Å². The van der Waals surface area contributed by atoms with Gasteiger partial charge in [0.2, 0.25) is 5.91 Å². The van der Waals surface area contributed by atoms with E-state index in [0.29, 0.717) is 10.7 Å². The molecular weight excluding hydrogens is 365 g/mol. The van der Waals surface area contributed by atoms with E-state index in [1.54, 1.807) is 4.90 Å². The number of amides is 1. The molecule has 0 aromatic carbocycles. The molecule has 3 heterocycles. The van der Waals surface area contributed by atoms with Crippen LogP contribution in [0.2, 0.25) is 0 Å². The summed E-state index contributed by atoms with van der Waals surface area (Å²) in [6.45, 7) is 0.978. The Balaban J connectivity index is 1.50. The SMILES string of the molecule is O=C(COC1CCOC2(C1)CN(S(=O)(=O)C(F)(F)F)C2)N1CCCC1. The minimum Gasteiger partial charge on any atom is -0.372 e. The Morgan fingerprint density at radius 3 is 2.48 bits per heavy atom. The van der Waals surface area contributed by atoms with E-state index in [4.69, 9.17) is 9.47 Å². The van der Waals surface area contributed by atoms with Crippen LogP contribution in [0.1, 0.15) is 25.7 Å². The third kappa shape index (κ3) is 3.79. The van der Waals surface area contributed by atoms with Crippen LogP contribution in [0, 0.1) is 0 Å². The van der Waals surface area contributed by atoms with Crippen LogP contribution in [0.25, 0.3) is 0 Å². The second-order valence-electron chi connectivity index (χ2n) is 6.76. The van der Waals surface area contributed by atoms with Crippen LogP contribution in [0.5, 0.6) is 0 Å². The Kier molecular flexibility index (Phi) is 5.04. The van der Waals surface area contributed by atoms with Gasteiger partial charge in [0.1, 0.15) is 6.61 Å². The first-order valence-electron chi connectivity index (χ1n) is 8.23. The van der Waals surface area contributed by atoms with Crippen molar-refractivity contribution >= 4 is 15.9 Å². The van der Waals surface area contributed by atoms with Gasteiger partial charge in [-0.3, -0.25) is 4.79 Å². The largest absolute Gasteiger partial charge is 0.511 e. The van der Waals surface area contributed by atoms with Crippen molar-refractivity contribution in [3.63, 3.8) is 0 Å². The molecule has 1 atom stereocenters. The molecule has 3 rings (SSSR count). The van der Waals surface area contributed by atoms with Gasteiger partial charge >= 0.3 is 15.5 Å². The van der Waals surface area contributed by atoms with E-state index >= 15 is 0 Å². The summed E-state index contributed by atoms with van der Waals surface area (Å²) < 4.78 is 71.9. The Hall–Kier alpha value is -0.910. The fraction of sp³-hybridized carbons (Fsp3) is 0.929. The molecule has 144 valence electrons. The second kappa shape index (κ2) is 6.67. The van der Waals surface area contributed by atoms with Crippen LogP contribution in [0.15, 0.2) is 0 Å². The number of alkyl halides is 3. The molecule has 3 fully saturated rings. The Morgan fingerprint density at radius 2 is 1.88 bits per heavy atom. The molecule has 0 radical (unpaired) electrons. The van der Waals surface area contributed by atoms with Gasteiger partial charge in [0.15, 0.2) is 0 Å². The van der Waals surface area contributed by atoms with Crippen LogP contribution in [0.3, 0.4) is 0 Å². The predicted octanol–water partition coefficient (Wildman–Crippen LogP) is 0.708. The fourth-order valence-corrected chi connectivity index (χ4v) is 4.61. The highest BCUT2D eigenvalue weighted by Gasteiger charge is 2.59. The summed E-state index contributed by atoms with van der Waals surface area (Å²) in [6.07, 6.45) is 2.45. The average molecular weight is 386 g/mol. The molecule has 0 aromatic heterocycles. The minimum atomic E-state index is -5.32. The zero-order valence-corrected chi connectivity index (χ0v) is 14.4. The smallest absolute Gasteiger partial charge is 0.372 e. The van der Waals surface area contributed by atoms with Gasteiger partial charge in [-0.15, -0.1) is 0 Å². The van der Waals surface area contributed by atoms with Gasteiger partial charge in [0, 0.05) is 39.2 Å². The molecule has 0 saturated carbocycles.